The van der Waals surface area contributed by atoms with Gasteiger partial charge in [0.05, 0.1) is 12.5 Å². The molecule has 0 spiro atoms. The minimum absolute atomic E-state index is 0.157. The van der Waals surface area contributed by atoms with E-state index in [1.54, 1.807) is 24.3 Å². The molecule has 0 radical (unpaired) electrons. The molecule has 2 aromatic rings. The molecule has 0 saturated carbocycles. The first-order chi connectivity index (χ1) is 8.15. The van der Waals surface area contributed by atoms with Crippen LogP contribution < -0.4 is 11.0 Å². The predicted molar refractivity (Wildman–Crippen MR) is 61.5 cm³/mol. The van der Waals surface area contributed by atoms with E-state index in [1.165, 1.54) is 14.2 Å². The Bertz CT molecular complexity index is 633. The molecule has 0 bridgehead atoms. The van der Waals surface area contributed by atoms with E-state index in [1.807, 2.05) is 0 Å². The molecular formula is C11H11N3O3. The maximum absolute atomic E-state index is 11.8. The molecule has 0 saturated heterocycles. The van der Waals surface area contributed by atoms with Gasteiger partial charge in [0, 0.05) is 12.4 Å². The molecule has 6 nitrogen and oxygen atoms in total. The van der Waals surface area contributed by atoms with Crippen molar-refractivity contribution in [3.8, 4) is 0 Å². The minimum Gasteiger partial charge on any atom is -0.277 e. The highest BCUT2D eigenvalue weighted by Crippen LogP contribution is 2.12. The number of hydrogen-bond acceptors (Lipinski definition) is 4. The monoisotopic (exact) mass is 233 g/mol. The van der Waals surface area contributed by atoms with Gasteiger partial charge in [0.1, 0.15) is 0 Å². The molecule has 0 aliphatic rings. The lowest BCUT2D eigenvalue weighted by molar-refractivity contribution is 0.0532. The number of nitrogens with zero attached hydrogens (tertiary/aromatic N) is 2. The highest BCUT2D eigenvalue weighted by molar-refractivity contribution is 6.04. The normalized spacial score (nSPS) is 10.5. The molecule has 0 aliphatic heterocycles. The van der Waals surface area contributed by atoms with Gasteiger partial charge in [-0.1, -0.05) is 18.2 Å². The van der Waals surface area contributed by atoms with E-state index < -0.39 is 5.91 Å². The van der Waals surface area contributed by atoms with Crippen molar-refractivity contribution in [1.82, 2.24) is 15.3 Å². The van der Waals surface area contributed by atoms with Crippen LogP contribution in [0.2, 0.25) is 0 Å². The number of rotatable bonds is 2. The Morgan fingerprint density at radius 1 is 1.35 bits per heavy atom. The van der Waals surface area contributed by atoms with Gasteiger partial charge in [-0.05, 0) is 6.07 Å². The molecule has 1 aromatic carbocycles. The number of hydrogen-bond donors (Lipinski definition) is 1. The lowest BCUT2D eigenvalue weighted by Crippen LogP contribution is -2.28. The Balaban J connectivity index is 2.76. The summed E-state index contributed by atoms with van der Waals surface area (Å²) in [4.78, 5) is 28.1. The summed E-state index contributed by atoms with van der Waals surface area (Å²) in [5.41, 5.74) is 2.10. The van der Waals surface area contributed by atoms with Gasteiger partial charge in [-0.3, -0.25) is 14.4 Å². The zero-order valence-corrected chi connectivity index (χ0v) is 9.43. The molecule has 1 amide bonds. The number of carbonyl (C=O) groups is 1. The van der Waals surface area contributed by atoms with Crippen LogP contribution in [-0.4, -0.2) is 22.8 Å². The fourth-order valence-corrected chi connectivity index (χ4v) is 1.61. The molecule has 88 valence electrons. The van der Waals surface area contributed by atoms with Crippen molar-refractivity contribution in [2.45, 2.75) is 0 Å². The second-order valence-corrected chi connectivity index (χ2v) is 3.46. The van der Waals surface area contributed by atoms with Crippen LogP contribution in [-0.2, 0) is 11.9 Å². The van der Waals surface area contributed by atoms with Crippen molar-refractivity contribution in [2.75, 3.05) is 7.11 Å². The lowest BCUT2D eigenvalue weighted by Gasteiger charge is -2.07. The Morgan fingerprint density at radius 2 is 2.00 bits per heavy atom. The van der Waals surface area contributed by atoms with Crippen LogP contribution in [0.5, 0.6) is 0 Å². The third kappa shape index (κ3) is 1.90. The van der Waals surface area contributed by atoms with Crippen molar-refractivity contribution in [2.24, 2.45) is 7.05 Å². The molecular weight excluding hydrogens is 222 g/mol. The van der Waals surface area contributed by atoms with Crippen molar-refractivity contribution < 1.29 is 9.63 Å². The summed E-state index contributed by atoms with van der Waals surface area (Å²) in [5, 5.41) is 4.89. The van der Waals surface area contributed by atoms with Crippen LogP contribution in [0.1, 0.15) is 10.5 Å². The number of fused-ring (bicyclic) bond motifs is 1. The molecule has 2 rings (SSSR count). The molecule has 0 aliphatic carbocycles. The third-order valence-corrected chi connectivity index (χ3v) is 2.37. The summed E-state index contributed by atoms with van der Waals surface area (Å²) in [6.45, 7) is 0. The molecule has 1 N–H and O–H groups in total. The molecule has 1 aromatic heterocycles. The van der Waals surface area contributed by atoms with Crippen LogP contribution in [0.15, 0.2) is 29.1 Å². The Kier molecular flexibility index (Phi) is 2.88. The Morgan fingerprint density at radius 3 is 2.65 bits per heavy atom. The molecule has 0 unspecified atom stereocenters. The van der Waals surface area contributed by atoms with E-state index in [0.29, 0.717) is 10.8 Å². The van der Waals surface area contributed by atoms with E-state index in [0.717, 1.165) is 4.68 Å². The van der Waals surface area contributed by atoms with E-state index in [9.17, 15) is 9.59 Å². The summed E-state index contributed by atoms with van der Waals surface area (Å²) >= 11 is 0. The van der Waals surface area contributed by atoms with Crippen molar-refractivity contribution in [3.05, 3.63) is 40.3 Å². The van der Waals surface area contributed by atoms with Gasteiger partial charge in [-0.25, -0.2) is 10.2 Å². The van der Waals surface area contributed by atoms with Crippen LogP contribution in [0.3, 0.4) is 0 Å². The fourth-order valence-electron chi connectivity index (χ4n) is 1.61. The van der Waals surface area contributed by atoms with E-state index in [2.05, 4.69) is 15.4 Å². The molecule has 17 heavy (non-hydrogen) atoms. The molecule has 0 fully saturated rings. The summed E-state index contributed by atoms with van der Waals surface area (Å²) < 4.78 is 1.13. The van der Waals surface area contributed by atoms with Gasteiger partial charge in [0.2, 0.25) is 0 Å². The number of nitrogens with one attached hydrogen (secondary N) is 1. The largest absolute Gasteiger partial charge is 0.295 e. The van der Waals surface area contributed by atoms with Crippen LogP contribution in [0.25, 0.3) is 10.8 Å². The predicted octanol–water partition coefficient (Wildman–Crippen LogP) is 0.225. The average molecular weight is 233 g/mol. The Labute approximate surface area is 96.8 Å². The SMILES string of the molecule is CONC(=O)c1nn(C)c(=O)c2ccccc12. The summed E-state index contributed by atoms with van der Waals surface area (Å²) in [7, 11) is 2.83. The highest BCUT2D eigenvalue weighted by atomic mass is 16.6. The smallest absolute Gasteiger partial charge is 0.277 e. The van der Waals surface area contributed by atoms with Crippen LogP contribution >= 0.6 is 0 Å². The van der Waals surface area contributed by atoms with Gasteiger partial charge >= 0.3 is 0 Å². The standard InChI is InChI=1S/C11H11N3O3/c1-14-11(16)8-6-4-3-5-7(8)9(12-14)10(15)13-17-2/h3-6H,1-2H3,(H,13,15). The van der Waals surface area contributed by atoms with Gasteiger partial charge in [0.25, 0.3) is 11.5 Å². The van der Waals surface area contributed by atoms with Crippen LogP contribution in [0, 0.1) is 0 Å². The average Bonchev–Trinajstić information content (AvgIpc) is 2.34. The van der Waals surface area contributed by atoms with E-state index in [4.69, 9.17) is 0 Å². The summed E-state index contributed by atoms with van der Waals surface area (Å²) in [5.74, 6) is -0.487. The van der Waals surface area contributed by atoms with E-state index >= 15 is 0 Å². The summed E-state index contributed by atoms with van der Waals surface area (Å²) in [6, 6.07) is 6.81. The number of carbonyl (C=O) groups excluding carboxylic acids is 1. The molecule has 6 heteroatoms. The maximum atomic E-state index is 11.8. The zero-order valence-electron chi connectivity index (χ0n) is 9.43. The Hall–Kier alpha value is -2.21. The van der Waals surface area contributed by atoms with Gasteiger partial charge in [-0.15, -0.1) is 0 Å². The zero-order chi connectivity index (χ0) is 12.4. The van der Waals surface area contributed by atoms with E-state index in [-0.39, 0.29) is 11.3 Å². The number of aromatic nitrogens is 2. The van der Waals surface area contributed by atoms with Gasteiger partial charge in [-0.2, -0.15) is 5.10 Å². The van der Waals surface area contributed by atoms with Crippen molar-refractivity contribution in [3.63, 3.8) is 0 Å². The first kappa shape index (κ1) is 11.3. The quantitative estimate of drug-likeness (QED) is 0.753. The highest BCUT2D eigenvalue weighted by Gasteiger charge is 2.14. The minimum atomic E-state index is -0.487. The fraction of sp³-hybridized carbons (Fsp3) is 0.182. The lowest BCUT2D eigenvalue weighted by atomic mass is 10.1. The molecule has 0 atom stereocenters. The number of aryl methyl sites for hydroxylation is 1. The first-order valence-electron chi connectivity index (χ1n) is 4.94. The first-order valence-corrected chi connectivity index (χ1v) is 4.94. The van der Waals surface area contributed by atoms with Crippen molar-refractivity contribution in [1.29, 1.82) is 0 Å². The second-order valence-electron chi connectivity index (χ2n) is 3.46. The number of benzene rings is 1. The number of amides is 1. The van der Waals surface area contributed by atoms with Crippen molar-refractivity contribution >= 4 is 16.7 Å². The third-order valence-electron chi connectivity index (χ3n) is 2.37. The van der Waals surface area contributed by atoms with Gasteiger partial charge in [0.15, 0.2) is 5.69 Å². The summed E-state index contributed by atoms with van der Waals surface area (Å²) in [6.07, 6.45) is 0. The number of hydroxylamine groups is 1. The second kappa shape index (κ2) is 4.34. The topological polar surface area (TPSA) is 73.2 Å². The maximum Gasteiger partial charge on any atom is 0.295 e. The molecule has 1 heterocycles. The van der Waals surface area contributed by atoms with Crippen LogP contribution in [0.4, 0.5) is 0 Å². The van der Waals surface area contributed by atoms with Gasteiger partial charge < -0.3 is 0 Å².